The van der Waals surface area contributed by atoms with Crippen molar-refractivity contribution >= 4 is 16.9 Å². The van der Waals surface area contributed by atoms with Crippen molar-refractivity contribution in [2.75, 3.05) is 0 Å². The van der Waals surface area contributed by atoms with Crippen LogP contribution in [0.4, 0.5) is 0 Å². The number of para-hydroxylation sites is 3. The quantitative estimate of drug-likeness (QED) is 0.494. The Morgan fingerprint density at radius 1 is 0.967 bits per heavy atom. The summed E-state index contributed by atoms with van der Waals surface area (Å²) >= 11 is 0. The minimum atomic E-state index is -0.312. The molecule has 0 aliphatic heterocycles. The summed E-state index contributed by atoms with van der Waals surface area (Å²) in [5.74, 6) is 1.03. The van der Waals surface area contributed by atoms with Crippen molar-refractivity contribution < 1.29 is 4.79 Å². The Morgan fingerprint density at radius 2 is 1.70 bits per heavy atom. The van der Waals surface area contributed by atoms with E-state index in [1.807, 2.05) is 95.3 Å². The number of hydrogen-bond donors (Lipinski definition) is 1. The summed E-state index contributed by atoms with van der Waals surface area (Å²) in [4.78, 5) is 17.6. The predicted molar refractivity (Wildman–Crippen MR) is 113 cm³/mol. The zero-order valence-electron chi connectivity index (χ0n) is 16.3. The Morgan fingerprint density at radius 3 is 2.47 bits per heavy atom. The van der Waals surface area contributed by atoms with E-state index in [0.29, 0.717) is 5.82 Å². The Bertz CT molecular complexity index is 1320. The summed E-state index contributed by atoms with van der Waals surface area (Å²) in [5.41, 5.74) is 2.98. The van der Waals surface area contributed by atoms with Crippen LogP contribution in [-0.4, -0.2) is 35.0 Å². The first-order chi connectivity index (χ1) is 14.7. The van der Waals surface area contributed by atoms with E-state index in [1.165, 1.54) is 0 Å². The maximum Gasteiger partial charge on any atom is 0.276 e. The Hall–Kier alpha value is -4.20. The number of aryl methyl sites for hydroxylation is 1. The van der Waals surface area contributed by atoms with Gasteiger partial charge in [0.1, 0.15) is 5.82 Å². The molecular weight excluding hydrogens is 378 g/mol. The molecule has 3 heterocycles. The number of carbonyl (C=O) groups excluding carboxylic acids is 1. The highest BCUT2D eigenvalue weighted by Crippen LogP contribution is 2.18. The number of imidazole rings is 1. The molecule has 5 rings (SSSR count). The smallest absolute Gasteiger partial charge is 0.276 e. The summed E-state index contributed by atoms with van der Waals surface area (Å²) in [7, 11) is 1.94. The Labute approximate surface area is 172 Å². The summed E-state index contributed by atoms with van der Waals surface area (Å²) in [6, 6.07) is 21.3. The fourth-order valence-corrected chi connectivity index (χ4v) is 3.47. The molecule has 0 spiro atoms. The number of nitrogens with one attached hydrogen (secondary N) is 1. The number of rotatable bonds is 5. The summed E-state index contributed by atoms with van der Waals surface area (Å²) in [6.07, 6.45) is 3.72. The lowest BCUT2D eigenvalue weighted by atomic mass is 10.3. The molecule has 2 aromatic carbocycles. The molecule has 1 amide bonds. The molecule has 0 bridgehead atoms. The number of hydrogen-bond acceptors (Lipinski definition) is 4. The van der Waals surface area contributed by atoms with Gasteiger partial charge in [0.25, 0.3) is 5.91 Å². The third-order valence-corrected chi connectivity index (χ3v) is 5.00. The molecule has 0 aliphatic carbocycles. The van der Waals surface area contributed by atoms with E-state index >= 15 is 0 Å². The van der Waals surface area contributed by atoms with E-state index < -0.39 is 0 Å². The highest BCUT2D eigenvalue weighted by atomic mass is 16.2. The molecule has 8 heteroatoms. The SMILES string of the molecule is Cn1c(CNC(=O)c2nnn(-c3ccccc3)c2-n2cccc2)nc2ccccc21. The molecular formula is C22H19N7O. The van der Waals surface area contributed by atoms with Crippen LogP contribution in [0.15, 0.2) is 79.1 Å². The fraction of sp³-hybridized carbons (Fsp3) is 0.0909. The van der Waals surface area contributed by atoms with Crippen LogP contribution in [0.3, 0.4) is 0 Å². The maximum absolute atomic E-state index is 13.0. The van der Waals surface area contributed by atoms with Gasteiger partial charge in [-0.2, -0.15) is 4.68 Å². The van der Waals surface area contributed by atoms with Gasteiger partial charge in [0.2, 0.25) is 0 Å². The van der Waals surface area contributed by atoms with Gasteiger partial charge in [-0.25, -0.2) is 4.98 Å². The molecule has 0 saturated heterocycles. The van der Waals surface area contributed by atoms with Crippen LogP contribution in [0.5, 0.6) is 0 Å². The first-order valence-electron chi connectivity index (χ1n) is 9.55. The molecule has 0 saturated carbocycles. The van der Waals surface area contributed by atoms with Crippen LogP contribution in [0.2, 0.25) is 0 Å². The average Bonchev–Trinajstić information content (AvgIpc) is 3.52. The normalized spacial score (nSPS) is 11.1. The van der Waals surface area contributed by atoms with E-state index in [1.54, 1.807) is 4.68 Å². The van der Waals surface area contributed by atoms with E-state index in [9.17, 15) is 4.79 Å². The van der Waals surface area contributed by atoms with Crippen LogP contribution >= 0.6 is 0 Å². The summed E-state index contributed by atoms with van der Waals surface area (Å²) < 4.78 is 5.46. The fourth-order valence-electron chi connectivity index (χ4n) is 3.47. The highest BCUT2D eigenvalue weighted by molar-refractivity contribution is 5.95. The lowest BCUT2D eigenvalue weighted by Crippen LogP contribution is -2.26. The summed E-state index contributed by atoms with van der Waals surface area (Å²) in [6.45, 7) is 0.285. The molecule has 0 aliphatic rings. The van der Waals surface area contributed by atoms with Crippen molar-refractivity contribution in [3.8, 4) is 11.5 Å². The lowest BCUT2D eigenvalue weighted by molar-refractivity contribution is 0.0944. The van der Waals surface area contributed by atoms with Gasteiger partial charge in [-0.1, -0.05) is 35.5 Å². The van der Waals surface area contributed by atoms with Crippen LogP contribution in [0.1, 0.15) is 16.3 Å². The van der Waals surface area contributed by atoms with E-state index in [4.69, 9.17) is 0 Å². The van der Waals surface area contributed by atoms with E-state index in [0.717, 1.165) is 22.5 Å². The van der Waals surface area contributed by atoms with Gasteiger partial charge in [-0.15, -0.1) is 5.10 Å². The highest BCUT2D eigenvalue weighted by Gasteiger charge is 2.22. The van der Waals surface area contributed by atoms with Crippen molar-refractivity contribution in [1.82, 2.24) is 34.4 Å². The van der Waals surface area contributed by atoms with E-state index in [-0.39, 0.29) is 18.1 Å². The van der Waals surface area contributed by atoms with Crippen LogP contribution in [0.25, 0.3) is 22.5 Å². The Balaban J connectivity index is 1.47. The number of benzene rings is 2. The van der Waals surface area contributed by atoms with Crippen LogP contribution in [-0.2, 0) is 13.6 Å². The molecule has 5 aromatic rings. The second kappa shape index (κ2) is 7.32. The third kappa shape index (κ3) is 3.04. The van der Waals surface area contributed by atoms with Crippen molar-refractivity contribution in [2.24, 2.45) is 7.05 Å². The minimum absolute atomic E-state index is 0.244. The van der Waals surface area contributed by atoms with Crippen molar-refractivity contribution in [3.63, 3.8) is 0 Å². The number of amides is 1. The second-order valence-electron chi connectivity index (χ2n) is 6.86. The predicted octanol–water partition coefficient (Wildman–Crippen LogP) is 2.87. The standard InChI is InChI=1S/C22H19N7O/c1-27-18-12-6-5-11-17(18)24-19(27)15-23-21(30)20-22(28-13-7-8-14-28)29(26-25-20)16-9-3-2-4-10-16/h2-14H,15H2,1H3,(H,23,30). The van der Waals surface area contributed by atoms with Gasteiger partial charge >= 0.3 is 0 Å². The summed E-state index contributed by atoms with van der Waals surface area (Å²) in [5, 5.41) is 11.3. The molecule has 1 N–H and O–H groups in total. The zero-order valence-corrected chi connectivity index (χ0v) is 16.3. The van der Waals surface area contributed by atoms with Crippen molar-refractivity contribution in [3.05, 3.63) is 90.6 Å². The lowest BCUT2D eigenvalue weighted by Gasteiger charge is -2.09. The van der Waals surface area contributed by atoms with Gasteiger partial charge in [0, 0.05) is 19.4 Å². The molecule has 0 unspecified atom stereocenters. The molecule has 148 valence electrons. The number of fused-ring (bicyclic) bond motifs is 1. The molecule has 0 fully saturated rings. The first kappa shape index (κ1) is 17.9. The molecule has 3 aromatic heterocycles. The van der Waals surface area contributed by atoms with Gasteiger partial charge in [0.15, 0.2) is 11.5 Å². The van der Waals surface area contributed by atoms with E-state index in [2.05, 4.69) is 20.6 Å². The van der Waals surface area contributed by atoms with Gasteiger partial charge in [0.05, 0.1) is 23.3 Å². The van der Waals surface area contributed by atoms with Crippen molar-refractivity contribution in [1.29, 1.82) is 0 Å². The molecule has 8 nitrogen and oxygen atoms in total. The monoisotopic (exact) mass is 397 g/mol. The van der Waals surface area contributed by atoms with Crippen LogP contribution < -0.4 is 5.32 Å². The topological polar surface area (TPSA) is 82.6 Å². The minimum Gasteiger partial charge on any atom is -0.343 e. The first-order valence-corrected chi connectivity index (χ1v) is 9.55. The average molecular weight is 397 g/mol. The van der Waals surface area contributed by atoms with Gasteiger partial charge < -0.3 is 14.5 Å². The Kier molecular flexibility index (Phi) is 4.36. The zero-order chi connectivity index (χ0) is 20.5. The molecule has 30 heavy (non-hydrogen) atoms. The second-order valence-corrected chi connectivity index (χ2v) is 6.86. The number of carbonyl (C=O) groups is 1. The largest absolute Gasteiger partial charge is 0.343 e. The van der Waals surface area contributed by atoms with Crippen LogP contribution in [0, 0.1) is 0 Å². The number of aromatic nitrogens is 6. The molecule has 0 atom stereocenters. The van der Waals surface area contributed by atoms with Crippen molar-refractivity contribution in [2.45, 2.75) is 6.54 Å². The van der Waals surface area contributed by atoms with Gasteiger partial charge in [-0.3, -0.25) is 4.79 Å². The third-order valence-electron chi connectivity index (χ3n) is 5.00. The maximum atomic E-state index is 13.0. The number of nitrogens with zero attached hydrogens (tertiary/aromatic N) is 6. The molecule has 0 radical (unpaired) electrons. The van der Waals surface area contributed by atoms with Gasteiger partial charge in [-0.05, 0) is 36.4 Å².